The van der Waals surface area contributed by atoms with Crippen LogP contribution in [0.5, 0.6) is 0 Å². The number of anilines is 1. The van der Waals surface area contributed by atoms with Crippen LogP contribution in [0.1, 0.15) is 69.2 Å². The van der Waals surface area contributed by atoms with Crippen molar-refractivity contribution in [3.63, 3.8) is 0 Å². The number of carbonyl (C=O) groups excluding carboxylic acids is 1. The van der Waals surface area contributed by atoms with Crippen LogP contribution in [0.25, 0.3) is 0 Å². The minimum atomic E-state index is -3.56. The Morgan fingerprint density at radius 3 is 2.10 bits per heavy atom. The Hall–Kier alpha value is -1.60. The topological polar surface area (TPSA) is 60.9 Å². The Balaban J connectivity index is 2.00. The molecule has 2 fully saturated rings. The summed E-state index contributed by atoms with van der Waals surface area (Å²) in [6.45, 7) is 8.47. The molecule has 2 aliphatic rings. The first-order valence-electron chi connectivity index (χ1n) is 11.2. The highest BCUT2D eigenvalue weighted by molar-refractivity contribution is 7.89. The minimum Gasteiger partial charge on any atom is -0.371 e. The molecule has 0 atom stereocenters. The van der Waals surface area contributed by atoms with Gasteiger partial charge >= 0.3 is 0 Å². The van der Waals surface area contributed by atoms with E-state index in [1.807, 2.05) is 11.0 Å². The van der Waals surface area contributed by atoms with Gasteiger partial charge in [0.05, 0.1) is 10.5 Å². The predicted octanol–water partition coefficient (Wildman–Crippen LogP) is 3.72. The first-order chi connectivity index (χ1) is 14.0. The lowest BCUT2D eigenvalue weighted by Gasteiger charge is -2.28. The zero-order valence-electron chi connectivity index (χ0n) is 17.9. The number of amides is 1. The molecule has 0 unspecified atom stereocenters. The second kappa shape index (κ2) is 9.94. The molecule has 6 nitrogen and oxygen atoms in total. The molecule has 0 aliphatic carbocycles. The molecular formula is C22H35N3O3S. The van der Waals surface area contributed by atoms with Crippen LogP contribution in [0, 0.1) is 0 Å². The molecule has 0 saturated carbocycles. The van der Waals surface area contributed by atoms with Gasteiger partial charge in [0, 0.05) is 45.0 Å². The standard InChI is InChI=1S/C22H35N3O3S/c1-3-12-24(13-4-2)22(26)20-18-19(10-11-21(20)23-14-8-9-15-23)29(27,28)25-16-6-5-7-17-25/h10-11,18H,3-9,12-17H2,1-2H3. The third-order valence-corrected chi connectivity index (χ3v) is 7.77. The van der Waals surface area contributed by atoms with E-state index in [-0.39, 0.29) is 10.8 Å². The van der Waals surface area contributed by atoms with Gasteiger partial charge in [-0.25, -0.2) is 8.42 Å². The van der Waals surface area contributed by atoms with E-state index >= 15 is 0 Å². The number of nitrogens with zero attached hydrogens (tertiary/aromatic N) is 3. The van der Waals surface area contributed by atoms with Gasteiger partial charge in [-0.15, -0.1) is 0 Å². The number of hydrogen-bond acceptors (Lipinski definition) is 4. The lowest BCUT2D eigenvalue weighted by atomic mass is 10.1. The van der Waals surface area contributed by atoms with Crippen LogP contribution in [0.3, 0.4) is 0 Å². The highest BCUT2D eigenvalue weighted by atomic mass is 32.2. The number of hydrogen-bond donors (Lipinski definition) is 0. The molecule has 1 amide bonds. The van der Waals surface area contributed by atoms with E-state index in [0.29, 0.717) is 31.7 Å². The van der Waals surface area contributed by atoms with Gasteiger partial charge < -0.3 is 9.80 Å². The van der Waals surface area contributed by atoms with E-state index in [2.05, 4.69) is 18.7 Å². The molecule has 0 N–H and O–H groups in total. The van der Waals surface area contributed by atoms with Crippen molar-refractivity contribution in [3.05, 3.63) is 23.8 Å². The third kappa shape index (κ3) is 4.94. The summed E-state index contributed by atoms with van der Waals surface area (Å²) in [5.41, 5.74) is 1.41. The van der Waals surface area contributed by atoms with E-state index in [9.17, 15) is 13.2 Å². The third-order valence-electron chi connectivity index (χ3n) is 5.87. The van der Waals surface area contributed by atoms with Crippen molar-refractivity contribution in [2.45, 2.75) is 63.7 Å². The average molecular weight is 422 g/mol. The molecule has 0 aromatic heterocycles. The Bertz CT molecular complexity index is 792. The summed E-state index contributed by atoms with van der Waals surface area (Å²) in [6.07, 6.45) is 6.86. The minimum absolute atomic E-state index is 0.0497. The normalized spacial score (nSPS) is 18.2. The maximum absolute atomic E-state index is 13.4. The van der Waals surface area contributed by atoms with E-state index in [1.165, 1.54) is 0 Å². The van der Waals surface area contributed by atoms with Gasteiger partial charge in [0.25, 0.3) is 5.91 Å². The van der Waals surface area contributed by atoms with Crippen molar-refractivity contribution in [1.82, 2.24) is 9.21 Å². The summed E-state index contributed by atoms with van der Waals surface area (Å²) >= 11 is 0. The van der Waals surface area contributed by atoms with Crippen molar-refractivity contribution < 1.29 is 13.2 Å². The average Bonchev–Trinajstić information content (AvgIpc) is 3.28. The zero-order chi connectivity index (χ0) is 20.9. The van der Waals surface area contributed by atoms with Gasteiger partial charge in [-0.05, 0) is 56.7 Å². The van der Waals surface area contributed by atoms with E-state index < -0.39 is 10.0 Å². The fraction of sp³-hybridized carbons (Fsp3) is 0.682. The molecule has 1 aromatic rings. The van der Waals surface area contributed by atoms with Crippen molar-refractivity contribution in [2.24, 2.45) is 0 Å². The van der Waals surface area contributed by atoms with Gasteiger partial charge in [0.1, 0.15) is 0 Å². The molecule has 2 aliphatic heterocycles. The number of carbonyl (C=O) groups is 1. The summed E-state index contributed by atoms with van der Waals surface area (Å²) in [5.74, 6) is -0.0497. The summed E-state index contributed by atoms with van der Waals surface area (Å²) in [4.78, 5) is 17.8. The molecular weight excluding hydrogens is 386 g/mol. The van der Waals surface area contributed by atoms with E-state index in [1.54, 1.807) is 16.4 Å². The molecule has 7 heteroatoms. The fourth-order valence-corrected chi connectivity index (χ4v) is 5.90. The SMILES string of the molecule is CCCN(CCC)C(=O)c1cc(S(=O)(=O)N2CCCCC2)ccc1N1CCCC1. The number of benzene rings is 1. The van der Waals surface area contributed by atoms with Crippen LogP contribution in [0.2, 0.25) is 0 Å². The van der Waals surface area contributed by atoms with Crippen molar-refractivity contribution in [2.75, 3.05) is 44.2 Å². The van der Waals surface area contributed by atoms with Gasteiger partial charge in [-0.2, -0.15) is 4.31 Å². The summed E-state index contributed by atoms with van der Waals surface area (Å²) in [5, 5.41) is 0. The fourth-order valence-electron chi connectivity index (χ4n) is 4.36. The first-order valence-corrected chi connectivity index (χ1v) is 12.6. The Morgan fingerprint density at radius 1 is 0.931 bits per heavy atom. The molecule has 2 saturated heterocycles. The van der Waals surface area contributed by atoms with Crippen LogP contribution in [0.15, 0.2) is 23.1 Å². The number of rotatable bonds is 8. The van der Waals surface area contributed by atoms with Gasteiger partial charge in [0.2, 0.25) is 10.0 Å². The van der Waals surface area contributed by atoms with E-state index in [0.717, 1.165) is 63.7 Å². The van der Waals surface area contributed by atoms with Crippen molar-refractivity contribution in [3.8, 4) is 0 Å². The van der Waals surface area contributed by atoms with E-state index in [4.69, 9.17) is 0 Å². The molecule has 162 valence electrons. The largest absolute Gasteiger partial charge is 0.371 e. The highest BCUT2D eigenvalue weighted by Gasteiger charge is 2.29. The molecule has 1 aromatic carbocycles. The van der Waals surface area contributed by atoms with Crippen LogP contribution >= 0.6 is 0 Å². The molecule has 2 heterocycles. The molecule has 29 heavy (non-hydrogen) atoms. The quantitative estimate of drug-likeness (QED) is 0.642. The predicted molar refractivity (Wildman–Crippen MR) is 117 cm³/mol. The number of sulfonamides is 1. The first kappa shape index (κ1) is 22.1. The van der Waals surface area contributed by atoms with Gasteiger partial charge in [-0.3, -0.25) is 4.79 Å². The Labute approximate surface area is 175 Å². The molecule has 0 spiro atoms. The summed E-state index contributed by atoms with van der Waals surface area (Å²) in [7, 11) is -3.56. The summed E-state index contributed by atoms with van der Waals surface area (Å²) < 4.78 is 28.0. The lowest BCUT2D eigenvalue weighted by Crippen LogP contribution is -2.36. The van der Waals surface area contributed by atoms with Crippen molar-refractivity contribution >= 4 is 21.6 Å². The molecule has 0 bridgehead atoms. The number of piperidine rings is 1. The second-order valence-corrected chi connectivity index (χ2v) is 10.1. The monoisotopic (exact) mass is 421 g/mol. The van der Waals surface area contributed by atoms with Crippen LogP contribution < -0.4 is 4.90 Å². The maximum Gasteiger partial charge on any atom is 0.256 e. The van der Waals surface area contributed by atoms with Crippen molar-refractivity contribution in [1.29, 1.82) is 0 Å². The highest BCUT2D eigenvalue weighted by Crippen LogP contribution is 2.30. The maximum atomic E-state index is 13.4. The smallest absolute Gasteiger partial charge is 0.256 e. The second-order valence-electron chi connectivity index (χ2n) is 8.13. The van der Waals surface area contributed by atoms with Crippen LogP contribution in [-0.4, -0.2) is 62.8 Å². The summed E-state index contributed by atoms with van der Waals surface area (Å²) in [6, 6.07) is 5.18. The van der Waals surface area contributed by atoms with Gasteiger partial charge in [0.15, 0.2) is 0 Å². The Morgan fingerprint density at radius 2 is 1.52 bits per heavy atom. The Kier molecular flexibility index (Phi) is 7.57. The molecule has 0 radical (unpaired) electrons. The zero-order valence-corrected chi connectivity index (χ0v) is 18.7. The van der Waals surface area contributed by atoms with Crippen LogP contribution in [-0.2, 0) is 10.0 Å². The van der Waals surface area contributed by atoms with Crippen LogP contribution in [0.4, 0.5) is 5.69 Å². The van der Waals surface area contributed by atoms with Gasteiger partial charge in [-0.1, -0.05) is 20.3 Å². The lowest BCUT2D eigenvalue weighted by molar-refractivity contribution is 0.0756. The molecule has 3 rings (SSSR count).